The van der Waals surface area contributed by atoms with Crippen molar-refractivity contribution in [1.82, 2.24) is 0 Å². The summed E-state index contributed by atoms with van der Waals surface area (Å²) in [6.07, 6.45) is 2.36. The molecule has 7 aromatic rings. The lowest BCUT2D eigenvalue weighted by Crippen LogP contribution is -2.22. The van der Waals surface area contributed by atoms with Crippen LogP contribution < -0.4 is 31.8 Å². The van der Waals surface area contributed by atoms with E-state index in [-0.39, 0.29) is 0 Å². The predicted octanol–water partition coefficient (Wildman–Crippen LogP) is 10.5. The van der Waals surface area contributed by atoms with Gasteiger partial charge in [0, 0.05) is 36.6 Å². The molecule has 0 saturated carbocycles. The van der Waals surface area contributed by atoms with E-state index in [0.717, 1.165) is 18.5 Å². The van der Waals surface area contributed by atoms with E-state index < -0.39 is 18.1 Å². The van der Waals surface area contributed by atoms with Crippen molar-refractivity contribution in [1.29, 1.82) is 0 Å². The lowest BCUT2D eigenvalue weighted by atomic mass is 9.90. The topological polar surface area (TPSA) is 0 Å². The molecule has 0 aliphatic rings. The molecular weight excluding hydrogens is 766 g/mol. The molecule has 0 heterocycles. The van der Waals surface area contributed by atoms with Crippen molar-refractivity contribution < 1.29 is 0 Å². The summed E-state index contributed by atoms with van der Waals surface area (Å²) in [5, 5.41) is 7.45. The molecule has 0 amide bonds. The summed E-state index contributed by atoms with van der Waals surface area (Å²) in [5.74, 6) is 0. The first kappa shape index (κ1) is 38.8. The van der Waals surface area contributed by atoms with Crippen LogP contribution in [0.3, 0.4) is 0 Å². The molecule has 7 rings (SSSR count). The normalized spacial score (nSPS) is 12.1. The lowest BCUT2D eigenvalue weighted by molar-refractivity contribution is 1.09. The molecule has 0 aromatic heterocycles. The largest absolute Gasteiger partial charge is 0.0873 e. The first-order chi connectivity index (χ1) is 26.1. The molecule has 7 aromatic carbocycles. The third kappa shape index (κ3) is 7.66. The van der Waals surface area contributed by atoms with E-state index in [4.69, 9.17) is 35.4 Å². The first-order valence-electron chi connectivity index (χ1n) is 18.4. The molecule has 0 atom stereocenters. The number of benzene rings is 7. The molecule has 0 aliphatic carbocycles. The second kappa shape index (κ2) is 16.7. The Morgan fingerprint density at radius 3 is 0.574 bits per heavy atom. The summed E-state index contributed by atoms with van der Waals surface area (Å²) in [7, 11) is 0. The van der Waals surface area contributed by atoms with Crippen LogP contribution in [-0.2, 0) is 53.9 Å². The van der Waals surface area contributed by atoms with Crippen LogP contribution in [0.2, 0.25) is 0 Å². The fourth-order valence-electron chi connectivity index (χ4n) is 7.78. The molecule has 0 N–H and O–H groups in total. The molecule has 0 saturated heterocycles. The average Bonchev–Trinajstić information content (AvgIpc) is 3.24. The van der Waals surface area contributed by atoms with Crippen LogP contribution in [0.25, 0.3) is 0 Å². The van der Waals surface area contributed by atoms with Gasteiger partial charge in [-0.15, -0.1) is 0 Å². The van der Waals surface area contributed by atoms with Crippen molar-refractivity contribution in [2.75, 3.05) is 0 Å². The molecule has 0 radical (unpaired) electrons. The Labute approximate surface area is 337 Å². The van der Waals surface area contributed by atoms with E-state index in [0.29, 0.717) is 0 Å². The fraction of sp³-hybridized carbons (Fsp3) is 0.125. The number of rotatable bonds is 12. The maximum atomic E-state index is 6.97. The minimum absolute atomic E-state index is 0.785. The Kier molecular flexibility index (Phi) is 12.0. The summed E-state index contributed by atoms with van der Waals surface area (Å²) in [5.41, 5.74) is 8.03. The van der Waals surface area contributed by atoms with E-state index in [1.54, 1.807) is 0 Å². The standard InChI is InChI=1S/C48H45P3S3/c1-37-46(34-49(52,40-22-10-4-11-23-40)41-24-12-5-13-25-41)38(2)48(36-51(54,44-30-18-8-19-31-44)45-32-20-9-21-33-45)39(3)47(37)35-50(53,42-26-14-6-15-27-42)43-28-16-7-17-29-43/h4-33H,34-36H2,1-3H3. The van der Waals surface area contributed by atoms with Gasteiger partial charge in [0.15, 0.2) is 0 Å². The molecule has 0 fully saturated rings. The van der Waals surface area contributed by atoms with Gasteiger partial charge in [0.1, 0.15) is 0 Å². The van der Waals surface area contributed by atoms with Gasteiger partial charge < -0.3 is 0 Å². The highest BCUT2D eigenvalue weighted by atomic mass is 32.4. The second-order valence-corrected chi connectivity index (χ2v) is 28.1. The zero-order valence-electron chi connectivity index (χ0n) is 31.0. The van der Waals surface area contributed by atoms with Crippen LogP contribution in [0.5, 0.6) is 0 Å². The van der Waals surface area contributed by atoms with Crippen LogP contribution in [0.15, 0.2) is 182 Å². The van der Waals surface area contributed by atoms with Crippen molar-refractivity contribution in [2.45, 2.75) is 39.3 Å². The highest BCUT2D eigenvalue weighted by Gasteiger charge is 2.32. The van der Waals surface area contributed by atoms with E-state index in [1.807, 2.05) is 0 Å². The minimum atomic E-state index is -2.29. The van der Waals surface area contributed by atoms with Gasteiger partial charge in [0.2, 0.25) is 0 Å². The van der Waals surface area contributed by atoms with Crippen LogP contribution in [0, 0.1) is 20.8 Å². The zero-order chi connectivity index (χ0) is 37.8. The molecule has 0 aliphatic heterocycles. The Morgan fingerprint density at radius 1 is 0.278 bits per heavy atom. The predicted molar refractivity (Wildman–Crippen MR) is 251 cm³/mol. The van der Waals surface area contributed by atoms with Gasteiger partial charge >= 0.3 is 0 Å². The van der Waals surface area contributed by atoms with Crippen LogP contribution in [-0.4, -0.2) is 0 Å². The lowest BCUT2D eigenvalue weighted by Gasteiger charge is -2.32. The van der Waals surface area contributed by atoms with Crippen molar-refractivity contribution in [3.05, 3.63) is 215 Å². The van der Waals surface area contributed by atoms with Gasteiger partial charge in [0.25, 0.3) is 0 Å². The fourth-order valence-corrected chi connectivity index (χ4v) is 19.8. The summed E-state index contributed by atoms with van der Waals surface area (Å²) in [6, 6.07) is 58.2. The van der Waals surface area contributed by atoms with Crippen LogP contribution >= 0.6 is 18.1 Å². The Balaban J connectivity index is 1.50. The molecule has 0 nitrogen and oxygen atoms in total. The molecule has 0 spiro atoms. The second-order valence-electron chi connectivity index (χ2n) is 14.0. The summed E-state index contributed by atoms with van der Waals surface area (Å²) in [4.78, 5) is 0. The van der Waals surface area contributed by atoms with Gasteiger partial charge in [0.05, 0.1) is 0 Å². The average molecular weight is 811 g/mol. The van der Waals surface area contributed by atoms with Crippen molar-refractivity contribution in [2.24, 2.45) is 0 Å². The summed E-state index contributed by atoms with van der Waals surface area (Å²) >= 11 is 20.9. The van der Waals surface area contributed by atoms with E-state index >= 15 is 0 Å². The van der Waals surface area contributed by atoms with Crippen molar-refractivity contribution in [3.63, 3.8) is 0 Å². The monoisotopic (exact) mass is 810 g/mol. The van der Waals surface area contributed by atoms with Crippen molar-refractivity contribution >= 4 is 85.4 Å². The van der Waals surface area contributed by atoms with E-state index in [2.05, 4.69) is 203 Å². The molecule has 270 valence electrons. The maximum Gasteiger partial charge on any atom is 0.0148 e. The van der Waals surface area contributed by atoms with Gasteiger partial charge in [-0.05, 0) is 86.0 Å². The highest BCUT2D eigenvalue weighted by Crippen LogP contribution is 2.55. The Hall–Kier alpha value is -3.51. The Morgan fingerprint density at radius 2 is 0.426 bits per heavy atom. The smallest absolute Gasteiger partial charge is 0.0148 e. The van der Waals surface area contributed by atoms with Crippen LogP contribution in [0.1, 0.15) is 33.4 Å². The minimum Gasteiger partial charge on any atom is -0.0873 e. The van der Waals surface area contributed by atoms with Gasteiger partial charge in [-0.1, -0.05) is 217 Å². The number of hydrogen-bond acceptors (Lipinski definition) is 3. The summed E-state index contributed by atoms with van der Waals surface area (Å²) in [6.45, 7) is 7.01. The van der Waals surface area contributed by atoms with E-state index in [9.17, 15) is 0 Å². The molecule has 54 heavy (non-hydrogen) atoms. The van der Waals surface area contributed by atoms with Gasteiger partial charge in [-0.2, -0.15) is 0 Å². The Bertz CT molecular complexity index is 2070. The number of hydrogen-bond donors (Lipinski definition) is 0. The van der Waals surface area contributed by atoms with Crippen molar-refractivity contribution in [3.8, 4) is 0 Å². The highest BCUT2D eigenvalue weighted by molar-refractivity contribution is 8.22. The quantitative estimate of drug-likeness (QED) is 0.113. The third-order valence-corrected chi connectivity index (χ3v) is 24.9. The maximum absolute atomic E-state index is 6.97. The third-order valence-electron chi connectivity index (χ3n) is 10.9. The first-order valence-corrected chi connectivity index (χ1v) is 27.3. The summed E-state index contributed by atoms with van der Waals surface area (Å²) < 4.78 is 0. The van der Waals surface area contributed by atoms with E-state index in [1.165, 1.54) is 65.2 Å². The van der Waals surface area contributed by atoms with Gasteiger partial charge in [-0.3, -0.25) is 0 Å². The SMILES string of the molecule is Cc1c(CP(=S)(c2ccccc2)c2ccccc2)c(C)c(CP(=S)(c2ccccc2)c2ccccc2)c(C)c1CP(=S)(c1ccccc1)c1ccccc1. The molecule has 0 bridgehead atoms. The molecule has 6 heteroatoms. The zero-order valence-corrected chi connectivity index (χ0v) is 36.1. The van der Waals surface area contributed by atoms with Crippen LogP contribution in [0.4, 0.5) is 0 Å². The molecular formula is C48H45P3S3. The van der Waals surface area contributed by atoms with Gasteiger partial charge in [-0.25, -0.2) is 0 Å². The molecule has 0 unspecified atom stereocenters.